The molecule has 0 spiro atoms. The third kappa shape index (κ3) is 3.98. The molecule has 1 aromatic rings. The molecule has 24 heavy (non-hydrogen) atoms. The quantitative estimate of drug-likeness (QED) is 0.555. The highest BCUT2D eigenvalue weighted by Crippen LogP contribution is 2.26. The van der Waals surface area contributed by atoms with E-state index in [-0.39, 0.29) is 11.7 Å². The van der Waals surface area contributed by atoms with E-state index >= 15 is 0 Å². The van der Waals surface area contributed by atoms with E-state index in [1.165, 1.54) is 0 Å². The van der Waals surface area contributed by atoms with E-state index < -0.39 is 29.6 Å². The van der Waals surface area contributed by atoms with E-state index in [9.17, 15) is 14.4 Å². The number of ketones is 2. The number of rotatable bonds is 7. The van der Waals surface area contributed by atoms with Gasteiger partial charge in [0.05, 0.1) is 7.11 Å². The predicted molar refractivity (Wildman–Crippen MR) is 92.4 cm³/mol. The van der Waals surface area contributed by atoms with Crippen LogP contribution in [0.5, 0.6) is 5.75 Å². The van der Waals surface area contributed by atoms with Gasteiger partial charge in [0, 0.05) is 18.1 Å². The van der Waals surface area contributed by atoms with Gasteiger partial charge in [-0.15, -0.1) is 0 Å². The van der Waals surface area contributed by atoms with Gasteiger partial charge in [-0.05, 0) is 30.4 Å². The second-order valence-electron chi connectivity index (χ2n) is 5.99. The van der Waals surface area contributed by atoms with E-state index in [1.807, 2.05) is 26.2 Å². The van der Waals surface area contributed by atoms with E-state index in [1.54, 1.807) is 31.0 Å². The molecule has 130 valence electrons. The number of aryl methyl sites for hydroxylation is 1. The molecule has 5 nitrogen and oxygen atoms in total. The molecule has 1 saturated heterocycles. The normalized spacial score (nSPS) is 21.5. The summed E-state index contributed by atoms with van der Waals surface area (Å²) in [6, 6.07) is 5.37. The molecule has 3 atom stereocenters. The summed E-state index contributed by atoms with van der Waals surface area (Å²) >= 11 is 1.59. The fourth-order valence-electron chi connectivity index (χ4n) is 2.77. The lowest BCUT2D eigenvalue weighted by Gasteiger charge is -2.12. The Bertz CT molecular complexity index is 655. The number of cyclic esters (lactones) is 1. The van der Waals surface area contributed by atoms with Gasteiger partial charge < -0.3 is 9.47 Å². The zero-order valence-electron chi connectivity index (χ0n) is 14.3. The fourth-order valence-corrected chi connectivity index (χ4v) is 3.14. The van der Waals surface area contributed by atoms with E-state index in [0.717, 1.165) is 16.9 Å². The van der Waals surface area contributed by atoms with Crippen molar-refractivity contribution in [1.82, 2.24) is 0 Å². The summed E-state index contributed by atoms with van der Waals surface area (Å²) in [4.78, 5) is 36.8. The molecule has 1 fully saturated rings. The van der Waals surface area contributed by atoms with Crippen LogP contribution < -0.4 is 4.74 Å². The van der Waals surface area contributed by atoms with Crippen molar-refractivity contribution in [2.45, 2.75) is 38.0 Å². The second-order valence-corrected chi connectivity index (χ2v) is 7.27. The SMILES string of the molecule is COc1ccc(CC(=O)C2C(=O)OC(CC(C)SC)C2=O)cc1C. The number of hydrogen-bond acceptors (Lipinski definition) is 6. The van der Waals surface area contributed by atoms with Crippen LogP contribution in [0.25, 0.3) is 0 Å². The van der Waals surface area contributed by atoms with Crippen molar-refractivity contribution in [2.75, 3.05) is 13.4 Å². The molecule has 0 saturated carbocycles. The molecule has 1 heterocycles. The zero-order chi connectivity index (χ0) is 17.9. The van der Waals surface area contributed by atoms with E-state index in [0.29, 0.717) is 6.42 Å². The number of thioether (sulfide) groups is 1. The lowest BCUT2D eigenvalue weighted by Crippen LogP contribution is -2.30. The monoisotopic (exact) mass is 350 g/mol. The second kappa shape index (κ2) is 7.83. The highest BCUT2D eigenvalue weighted by atomic mass is 32.2. The number of esters is 1. The Morgan fingerprint density at radius 3 is 2.67 bits per heavy atom. The van der Waals surface area contributed by atoms with Crippen LogP contribution in [-0.2, 0) is 25.5 Å². The maximum atomic E-state index is 12.4. The summed E-state index contributed by atoms with van der Waals surface area (Å²) in [6.07, 6.45) is 1.60. The van der Waals surface area contributed by atoms with Gasteiger partial charge >= 0.3 is 5.97 Å². The molecule has 1 aliphatic heterocycles. The van der Waals surface area contributed by atoms with Gasteiger partial charge in [-0.1, -0.05) is 19.1 Å². The summed E-state index contributed by atoms with van der Waals surface area (Å²) in [5, 5.41) is 0.185. The van der Waals surface area contributed by atoms with Crippen LogP contribution in [0, 0.1) is 12.8 Å². The van der Waals surface area contributed by atoms with Gasteiger partial charge in [0.15, 0.2) is 23.6 Å². The average Bonchev–Trinajstić information content (AvgIpc) is 2.81. The van der Waals surface area contributed by atoms with Crippen LogP contribution in [0.2, 0.25) is 0 Å². The zero-order valence-corrected chi connectivity index (χ0v) is 15.1. The molecule has 0 amide bonds. The van der Waals surface area contributed by atoms with Crippen LogP contribution in [-0.4, -0.2) is 42.3 Å². The Balaban J connectivity index is 2.08. The van der Waals surface area contributed by atoms with Crippen molar-refractivity contribution >= 4 is 29.3 Å². The minimum atomic E-state index is -1.29. The standard InChI is InChI=1S/C18H22O5S/c1-10-7-12(5-6-14(10)22-3)9-13(19)16-17(20)15(23-18(16)21)8-11(2)24-4/h5-7,11,15-16H,8-9H2,1-4H3. The van der Waals surface area contributed by atoms with E-state index in [2.05, 4.69) is 0 Å². The first kappa shape index (κ1) is 18.5. The van der Waals surface area contributed by atoms with Crippen molar-refractivity contribution in [3.8, 4) is 5.75 Å². The Kier molecular flexibility index (Phi) is 6.04. The third-order valence-corrected chi connectivity index (χ3v) is 5.20. The minimum Gasteiger partial charge on any atom is -0.496 e. The summed E-state index contributed by atoms with van der Waals surface area (Å²) < 4.78 is 10.3. The van der Waals surface area contributed by atoms with Crippen molar-refractivity contribution in [1.29, 1.82) is 0 Å². The number of carbonyl (C=O) groups is 3. The number of Topliss-reactive ketones (excluding diaryl/α,β-unsaturated/α-hetero) is 2. The Hall–Kier alpha value is -1.82. The summed E-state index contributed by atoms with van der Waals surface area (Å²) in [5.74, 6) is -2.08. The smallest absolute Gasteiger partial charge is 0.325 e. The molecule has 0 bridgehead atoms. The van der Waals surface area contributed by atoms with Crippen molar-refractivity contribution < 1.29 is 23.9 Å². The molecule has 0 aromatic heterocycles. The summed E-state index contributed by atoms with van der Waals surface area (Å²) in [5.41, 5.74) is 1.65. The predicted octanol–water partition coefficient (Wildman–Crippen LogP) is 2.37. The van der Waals surface area contributed by atoms with Crippen molar-refractivity contribution in [3.63, 3.8) is 0 Å². The lowest BCUT2D eigenvalue weighted by atomic mass is 9.92. The first-order chi connectivity index (χ1) is 11.4. The number of ether oxygens (including phenoxy) is 2. The van der Waals surface area contributed by atoms with Crippen molar-refractivity contribution in [2.24, 2.45) is 5.92 Å². The molecule has 0 radical (unpaired) electrons. The largest absolute Gasteiger partial charge is 0.496 e. The van der Waals surface area contributed by atoms with Gasteiger partial charge in [-0.25, -0.2) is 0 Å². The lowest BCUT2D eigenvalue weighted by molar-refractivity contribution is -0.146. The molecule has 1 aliphatic rings. The molecular formula is C18H22O5S. The minimum absolute atomic E-state index is 0.0289. The van der Waals surface area contributed by atoms with Crippen LogP contribution in [0.15, 0.2) is 18.2 Å². The molecule has 0 aliphatic carbocycles. The van der Waals surface area contributed by atoms with Gasteiger partial charge in [0.25, 0.3) is 0 Å². The molecule has 0 N–H and O–H groups in total. The highest BCUT2D eigenvalue weighted by Gasteiger charge is 2.47. The van der Waals surface area contributed by atoms with Gasteiger partial charge in [0.1, 0.15) is 5.75 Å². The number of carbonyl (C=O) groups excluding carboxylic acids is 3. The van der Waals surface area contributed by atoms with Crippen LogP contribution in [0.4, 0.5) is 0 Å². The number of benzene rings is 1. The molecule has 3 unspecified atom stereocenters. The maximum absolute atomic E-state index is 12.4. The van der Waals surface area contributed by atoms with Crippen LogP contribution in [0.3, 0.4) is 0 Å². The van der Waals surface area contributed by atoms with E-state index in [4.69, 9.17) is 9.47 Å². The van der Waals surface area contributed by atoms with Gasteiger partial charge in [0.2, 0.25) is 0 Å². The van der Waals surface area contributed by atoms with Crippen molar-refractivity contribution in [3.05, 3.63) is 29.3 Å². The molecule has 6 heteroatoms. The van der Waals surface area contributed by atoms with Gasteiger partial charge in [-0.2, -0.15) is 11.8 Å². The Labute approximate surface area is 146 Å². The average molecular weight is 350 g/mol. The number of methoxy groups -OCH3 is 1. The summed E-state index contributed by atoms with van der Waals surface area (Å²) in [7, 11) is 1.58. The molecule has 2 rings (SSSR count). The molecular weight excluding hydrogens is 328 g/mol. The Morgan fingerprint density at radius 1 is 1.38 bits per heavy atom. The summed E-state index contributed by atoms with van der Waals surface area (Å²) in [6.45, 7) is 3.84. The third-order valence-electron chi connectivity index (χ3n) is 4.20. The van der Waals surface area contributed by atoms with Gasteiger partial charge in [-0.3, -0.25) is 14.4 Å². The topological polar surface area (TPSA) is 69.7 Å². The Morgan fingerprint density at radius 2 is 2.08 bits per heavy atom. The highest BCUT2D eigenvalue weighted by molar-refractivity contribution is 7.99. The fraction of sp³-hybridized carbons (Fsp3) is 0.500. The number of hydrogen-bond donors (Lipinski definition) is 0. The first-order valence-corrected chi connectivity index (χ1v) is 9.09. The first-order valence-electron chi connectivity index (χ1n) is 7.80. The molecule has 1 aromatic carbocycles. The van der Waals surface area contributed by atoms with Crippen LogP contribution in [0.1, 0.15) is 24.5 Å². The maximum Gasteiger partial charge on any atom is 0.325 e. The van der Waals surface area contributed by atoms with Crippen LogP contribution >= 0.6 is 11.8 Å².